The molecule has 0 aromatic carbocycles. The number of carbonyl (C=O) groups excluding carboxylic acids is 1. The fourth-order valence-corrected chi connectivity index (χ4v) is 7.89. The van der Waals surface area contributed by atoms with E-state index in [1.54, 1.807) is 6.92 Å². The van der Waals surface area contributed by atoms with Gasteiger partial charge in [-0.1, -0.05) is 41.5 Å². The van der Waals surface area contributed by atoms with Crippen LogP contribution in [0.2, 0.25) is 36.3 Å². The number of aromatic nitrogens is 2. The zero-order chi connectivity index (χ0) is 31.7. The second-order valence-corrected chi connectivity index (χ2v) is 24.9. The minimum absolute atomic E-state index is 0.102. The second kappa shape index (κ2) is 10.4. The molecule has 3 heterocycles. The highest BCUT2D eigenvalue weighted by Crippen LogP contribution is 2.54. The molecule has 2 aliphatic rings. The van der Waals surface area contributed by atoms with Crippen molar-refractivity contribution in [3.05, 3.63) is 43.7 Å². The first-order valence-electron chi connectivity index (χ1n) is 13.5. The predicted octanol–water partition coefficient (Wildman–Crippen LogP) is 3.20. The number of nitrogens with one attached hydrogen (secondary N) is 1. The van der Waals surface area contributed by atoms with E-state index >= 15 is 0 Å². The van der Waals surface area contributed by atoms with Gasteiger partial charge >= 0.3 is 5.69 Å². The summed E-state index contributed by atoms with van der Waals surface area (Å²) in [5.74, 6) is -0.535. The van der Waals surface area contributed by atoms with Crippen LogP contribution in [0.15, 0.2) is 26.9 Å². The summed E-state index contributed by atoms with van der Waals surface area (Å²) in [6.45, 7) is 22.8. The Balaban J connectivity index is 2.42. The number of amides is 1. The smallest absolute Gasteiger partial charge is 0.332 e. The molecule has 3 unspecified atom stereocenters. The molecule has 15 heteroatoms. The van der Waals surface area contributed by atoms with Crippen LogP contribution >= 0.6 is 0 Å². The zero-order valence-electron chi connectivity index (χ0n) is 26.4. The monoisotopic (exact) mass is 631 g/mol. The average molecular weight is 632 g/mol. The summed E-state index contributed by atoms with van der Waals surface area (Å²) < 4.78 is 54.4. The predicted molar refractivity (Wildman–Crippen MR) is 160 cm³/mol. The highest BCUT2D eigenvalue weighted by atomic mass is 32.2. The Morgan fingerprint density at radius 1 is 1.02 bits per heavy atom. The molecule has 1 N–H and O–H groups in total. The molecule has 1 fully saturated rings. The van der Waals surface area contributed by atoms with Crippen LogP contribution in [0.3, 0.4) is 0 Å². The summed E-state index contributed by atoms with van der Waals surface area (Å²) in [6, 6.07) is 0. The van der Waals surface area contributed by atoms with E-state index in [9.17, 15) is 22.8 Å². The van der Waals surface area contributed by atoms with Gasteiger partial charge in [0.2, 0.25) is 11.5 Å². The molecule has 1 amide bonds. The van der Waals surface area contributed by atoms with Gasteiger partial charge in [-0.2, -0.15) is 8.42 Å². The topological polar surface area (TPSA) is 144 Å². The molecule has 3 rings (SSSR count). The van der Waals surface area contributed by atoms with E-state index in [1.807, 2.05) is 67.7 Å². The van der Waals surface area contributed by atoms with Gasteiger partial charge in [-0.15, -0.1) is 0 Å². The van der Waals surface area contributed by atoms with Crippen LogP contribution < -0.4 is 16.6 Å². The first kappa shape index (κ1) is 33.6. The van der Waals surface area contributed by atoms with E-state index in [-0.39, 0.29) is 21.3 Å². The summed E-state index contributed by atoms with van der Waals surface area (Å²) >= 11 is 0. The van der Waals surface area contributed by atoms with Gasteiger partial charge in [0.15, 0.2) is 29.2 Å². The lowest BCUT2D eigenvalue weighted by atomic mass is 9.93. The molecule has 0 bridgehead atoms. The highest BCUT2D eigenvalue weighted by Gasteiger charge is 2.69. The summed E-state index contributed by atoms with van der Waals surface area (Å²) in [7, 11) is -8.46. The highest BCUT2D eigenvalue weighted by molar-refractivity contribution is 7.90. The number of nitrogens with zero attached hydrogens (tertiary/aromatic N) is 2. The van der Waals surface area contributed by atoms with E-state index < -0.39 is 68.1 Å². The van der Waals surface area contributed by atoms with Crippen LogP contribution in [0.5, 0.6) is 0 Å². The van der Waals surface area contributed by atoms with Gasteiger partial charge in [-0.3, -0.25) is 18.7 Å². The first-order valence-corrected chi connectivity index (χ1v) is 20.8. The Kier molecular flexibility index (Phi) is 8.51. The second-order valence-electron chi connectivity index (χ2n) is 14.0. The molecule has 2 aliphatic heterocycles. The van der Waals surface area contributed by atoms with Gasteiger partial charge in [0.05, 0.1) is 11.1 Å². The summed E-state index contributed by atoms with van der Waals surface area (Å²) in [5.41, 5.74) is -3.00. The molecule has 4 atom stereocenters. The Hall–Kier alpha value is -1.89. The molecule has 1 saturated heterocycles. The number of aryl methyl sites for hydroxylation is 1. The molecule has 0 radical (unpaired) electrons. The van der Waals surface area contributed by atoms with Crippen molar-refractivity contribution >= 4 is 32.7 Å². The third-order valence-corrected chi connectivity index (χ3v) is 18.6. The molecule has 1 spiro atoms. The van der Waals surface area contributed by atoms with Crippen LogP contribution in [0.4, 0.5) is 0 Å². The Labute approximate surface area is 244 Å². The standard InChI is InChI=1S/C26H45N3O9SSi2/c1-16-14-29(23(32)28(9)20(16)31)21-19(36-40(10,11)24(3,4)5)26(18(27-17(2)30)15-39(33,34)38-26)22(35-21)37-41(12,13)25(6,7)8/h14-15,19,21-22H,1-13H3,(H,27,30)/t19?,21-,22?,26?/m1/s1. The van der Waals surface area contributed by atoms with Gasteiger partial charge in [0, 0.05) is 25.7 Å². The quantitative estimate of drug-likeness (QED) is 0.370. The lowest BCUT2D eigenvalue weighted by Crippen LogP contribution is -2.61. The van der Waals surface area contributed by atoms with Crippen molar-refractivity contribution in [2.24, 2.45) is 7.05 Å². The lowest BCUT2D eigenvalue weighted by molar-refractivity contribution is -0.148. The minimum Gasteiger partial charge on any atom is -0.406 e. The van der Waals surface area contributed by atoms with Gasteiger partial charge in [0.1, 0.15) is 6.10 Å². The number of hydrogen-bond acceptors (Lipinski definition) is 9. The SMILES string of the molecule is CC(=O)NC1=CS(=O)(=O)OC12C(O[Si](C)(C)C(C)(C)C)O[C@@H](n1cc(C)c(=O)n(C)c1=O)C2O[Si](C)(C)C(C)(C)C. The Bertz CT molecular complexity index is 1480. The molecule has 1 aromatic rings. The number of hydrogen-bond donors (Lipinski definition) is 1. The summed E-state index contributed by atoms with van der Waals surface area (Å²) in [6.07, 6.45) is -2.58. The number of carbonyl (C=O) groups is 1. The number of rotatable bonds is 6. The van der Waals surface area contributed by atoms with E-state index in [2.05, 4.69) is 5.32 Å². The molecular formula is C26H45N3O9SSi2. The largest absolute Gasteiger partial charge is 0.406 e. The van der Waals surface area contributed by atoms with Gasteiger partial charge in [0.25, 0.3) is 15.7 Å². The van der Waals surface area contributed by atoms with E-state index in [0.29, 0.717) is 0 Å². The van der Waals surface area contributed by atoms with E-state index in [0.717, 1.165) is 9.98 Å². The normalized spacial score (nSPS) is 26.9. The average Bonchev–Trinajstić information content (AvgIpc) is 3.20. The van der Waals surface area contributed by atoms with Crippen LogP contribution in [0, 0.1) is 6.92 Å². The van der Waals surface area contributed by atoms with Crippen molar-refractivity contribution in [3.8, 4) is 0 Å². The van der Waals surface area contributed by atoms with Crippen molar-refractivity contribution in [1.82, 2.24) is 14.5 Å². The van der Waals surface area contributed by atoms with Gasteiger partial charge < -0.3 is 18.9 Å². The maximum absolute atomic E-state index is 13.5. The van der Waals surface area contributed by atoms with Crippen molar-refractivity contribution in [2.45, 2.75) is 116 Å². The molecule has 12 nitrogen and oxygen atoms in total. The molecule has 0 aliphatic carbocycles. The van der Waals surface area contributed by atoms with Crippen molar-refractivity contribution in [2.75, 3.05) is 0 Å². The van der Waals surface area contributed by atoms with Crippen molar-refractivity contribution in [1.29, 1.82) is 0 Å². The summed E-state index contributed by atoms with van der Waals surface area (Å²) in [4.78, 5) is 38.5. The van der Waals surface area contributed by atoms with Crippen molar-refractivity contribution < 1.29 is 31.0 Å². The van der Waals surface area contributed by atoms with E-state index in [4.69, 9.17) is 17.8 Å². The van der Waals surface area contributed by atoms with Crippen LogP contribution in [-0.4, -0.2) is 58.1 Å². The first-order chi connectivity index (χ1) is 18.3. The molecular weight excluding hydrogens is 587 g/mol. The van der Waals surface area contributed by atoms with Crippen LogP contribution in [-0.2, 0) is 39.7 Å². The maximum Gasteiger partial charge on any atom is 0.332 e. The minimum atomic E-state index is -4.35. The molecule has 0 saturated carbocycles. The Morgan fingerprint density at radius 2 is 1.54 bits per heavy atom. The van der Waals surface area contributed by atoms with Crippen LogP contribution in [0.1, 0.15) is 60.3 Å². The maximum atomic E-state index is 13.5. The van der Waals surface area contributed by atoms with Crippen LogP contribution in [0.25, 0.3) is 0 Å². The zero-order valence-corrected chi connectivity index (χ0v) is 29.2. The Morgan fingerprint density at radius 3 is 2.02 bits per heavy atom. The third-order valence-electron chi connectivity index (χ3n) is 8.74. The molecule has 232 valence electrons. The fourth-order valence-electron chi connectivity index (χ4n) is 4.26. The fraction of sp³-hybridized carbons (Fsp3) is 0.731. The summed E-state index contributed by atoms with van der Waals surface area (Å²) in [5, 5.41) is 2.79. The van der Waals surface area contributed by atoms with Crippen molar-refractivity contribution in [3.63, 3.8) is 0 Å². The van der Waals surface area contributed by atoms with E-state index in [1.165, 1.54) is 24.7 Å². The molecule has 41 heavy (non-hydrogen) atoms. The van der Waals surface area contributed by atoms with Gasteiger partial charge in [-0.05, 0) is 43.2 Å². The third kappa shape index (κ3) is 5.99. The number of ether oxygens (including phenoxy) is 1. The van der Waals surface area contributed by atoms with Gasteiger partial charge in [-0.25, -0.2) is 8.98 Å². The molecule has 1 aromatic heterocycles. The lowest BCUT2D eigenvalue weighted by Gasteiger charge is -2.45.